The molecule has 2 heteroatoms. The first-order chi connectivity index (χ1) is 9.22. The first-order valence-electron chi connectivity index (χ1n) is 6.73. The van der Waals surface area contributed by atoms with Crippen molar-refractivity contribution >= 4 is 22.6 Å². The highest BCUT2D eigenvalue weighted by Gasteiger charge is 2.10. The van der Waals surface area contributed by atoms with E-state index >= 15 is 0 Å². The molecule has 19 heavy (non-hydrogen) atoms. The van der Waals surface area contributed by atoms with Gasteiger partial charge in [0, 0.05) is 9.61 Å². The van der Waals surface area contributed by atoms with Crippen LogP contribution in [0.3, 0.4) is 0 Å². The maximum absolute atomic E-state index is 3.42. The van der Waals surface area contributed by atoms with Gasteiger partial charge in [0.1, 0.15) is 0 Å². The Bertz CT molecular complexity index is 519. The predicted octanol–water partition coefficient (Wildman–Crippen LogP) is 4.36. The lowest BCUT2D eigenvalue weighted by molar-refractivity contribution is 0.591. The molecule has 0 heterocycles. The van der Waals surface area contributed by atoms with Crippen LogP contribution in [0, 0.1) is 3.57 Å². The highest BCUT2D eigenvalue weighted by molar-refractivity contribution is 14.1. The van der Waals surface area contributed by atoms with Crippen molar-refractivity contribution in [2.24, 2.45) is 0 Å². The van der Waals surface area contributed by atoms with E-state index in [0.29, 0.717) is 6.04 Å². The highest BCUT2D eigenvalue weighted by Crippen LogP contribution is 2.20. The molecule has 0 radical (unpaired) electrons. The molecule has 0 bridgehead atoms. The summed E-state index contributed by atoms with van der Waals surface area (Å²) in [5.74, 6) is 0. The minimum absolute atomic E-state index is 0.377. The van der Waals surface area contributed by atoms with Crippen LogP contribution >= 0.6 is 22.6 Å². The van der Waals surface area contributed by atoms with Gasteiger partial charge in [-0.25, -0.2) is 0 Å². The zero-order valence-corrected chi connectivity index (χ0v) is 13.6. The zero-order valence-electron chi connectivity index (χ0n) is 11.5. The first-order valence-corrected chi connectivity index (χ1v) is 7.81. The summed E-state index contributed by atoms with van der Waals surface area (Å²) in [6.07, 6.45) is 2.13. The van der Waals surface area contributed by atoms with Crippen LogP contribution < -0.4 is 5.32 Å². The van der Waals surface area contributed by atoms with Gasteiger partial charge >= 0.3 is 0 Å². The van der Waals surface area contributed by atoms with Gasteiger partial charge in [-0.1, -0.05) is 43.3 Å². The van der Waals surface area contributed by atoms with E-state index in [2.05, 4.69) is 83.4 Å². The molecule has 1 unspecified atom stereocenters. The second kappa shape index (κ2) is 7.06. The van der Waals surface area contributed by atoms with E-state index in [9.17, 15) is 0 Å². The van der Waals surface area contributed by atoms with Crippen molar-refractivity contribution in [2.45, 2.75) is 25.8 Å². The van der Waals surface area contributed by atoms with Crippen LogP contribution in [0.5, 0.6) is 0 Å². The second-order valence-electron chi connectivity index (χ2n) is 4.77. The van der Waals surface area contributed by atoms with Crippen LogP contribution in [0.15, 0.2) is 48.5 Å². The van der Waals surface area contributed by atoms with E-state index in [-0.39, 0.29) is 0 Å². The summed E-state index contributed by atoms with van der Waals surface area (Å²) < 4.78 is 1.29. The monoisotopic (exact) mass is 365 g/mol. The van der Waals surface area contributed by atoms with Gasteiger partial charge in [-0.2, -0.15) is 0 Å². The molecule has 1 nitrogen and oxygen atoms in total. The van der Waals surface area contributed by atoms with Crippen LogP contribution in [0.25, 0.3) is 0 Å². The lowest BCUT2D eigenvalue weighted by Gasteiger charge is -2.17. The Labute approximate surface area is 129 Å². The Kier molecular flexibility index (Phi) is 5.40. The molecule has 2 aromatic carbocycles. The molecule has 1 atom stereocenters. The van der Waals surface area contributed by atoms with Gasteiger partial charge < -0.3 is 5.32 Å². The molecular formula is C17H20IN. The third kappa shape index (κ3) is 4.05. The van der Waals surface area contributed by atoms with Crippen molar-refractivity contribution in [3.63, 3.8) is 0 Å². The van der Waals surface area contributed by atoms with Gasteiger partial charge in [0.2, 0.25) is 0 Å². The fourth-order valence-corrected chi connectivity index (χ4v) is 2.82. The molecular weight excluding hydrogens is 345 g/mol. The quantitative estimate of drug-likeness (QED) is 0.777. The minimum atomic E-state index is 0.377. The highest BCUT2D eigenvalue weighted by atomic mass is 127. The normalized spacial score (nSPS) is 12.4. The van der Waals surface area contributed by atoms with Crippen molar-refractivity contribution < 1.29 is 0 Å². The Morgan fingerprint density at radius 2 is 1.74 bits per heavy atom. The summed E-state index contributed by atoms with van der Waals surface area (Å²) in [6.45, 7) is 2.19. The molecule has 2 aromatic rings. The van der Waals surface area contributed by atoms with Crippen molar-refractivity contribution in [2.75, 3.05) is 7.05 Å². The summed E-state index contributed by atoms with van der Waals surface area (Å²) >= 11 is 2.37. The summed E-state index contributed by atoms with van der Waals surface area (Å²) in [5.41, 5.74) is 4.14. The van der Waals surface area contributed by atoms with Gasteiger partial charge in [-0.15, -0.1) is 0 Å². The first kappa shape index (κ1) is 14.5. The number of rotatable bonds is 5. The van der Waals surface area contributed by atoms with Crippen LogP contribution in [-0.4, -0.2) is 7.05 Å². The largest absolute Gasteiger partial charge is 0.313 e. The van der Waals surface area contributed by atoms with Gasteiger partial charge in [-0.3, -0.25) is 0 Å². The second-order valence-corrected chi connectivity index (χ2v) is 6.02. The minimum Gasteiger partial charge on any atom is -0.313 e. The maximum atomic E-state index is 3.42. The number of hydrogen-bond acceptors (Lipinski definition) is 1. The van der Waals surface area contributed by atoms with Gasteiger partial charge in [-0.05, 0) is 71.3 Å². The molecule has 0 aliphatic heterocycles. The van der Waals surface area contributed by atoms with Gasteiger partial charge in [0.25, 0.3) is 0 Å². The third-order valence-corrected chi connectivity index (χ3v) is 4.14. The van der Waals surface area contributed by atoms with Crippen molar-refractivity contribution in [1.29, 1.82) is 0 Å². The Morgan fingerprint density at radius 1 is 1.05 bits per heavy atom. The average Bonchev–Trinajstić information content (AvgIpc) is 2.45. The molecule has 0 aromatic heterocycles. The smallest absolute Gasteiger partial charge is 0.0358 e. The fraction of sp³-hybridized carbons (Fsp3) is 0.294. The standard InChI is InChI=1S/C17H20IN/c1-3-13-7-9-14(10-8-13)11-17(19-2)15-5-4-6-16(18)12-15/h4-10,12,17,19H,3,11H2,1-2H3. The Morgan fingerprint density at radius 3 is 2.32 bits per heavy atom. The van der Waals surface area contributed by atoms with E-state index in [1.807, 2.05) is 7.05 Å². The Hall–Kier alpha value is -0.870. The molecule has 100 valence electrons. The summed E-state index contributed by atoms with van der Waals surface area (Å²) in [6, 6.07) is 18.0. The number of halogens is 1. The maximum Gasteiger partial charge on any atom is 0.0358 e. The molecule has 0 fully saturated rings. The number of nitrogens with one attached hydrogen (secondary N) is 1. The predicted molar refractivity (Wildman–Crippen MR) is 90.5 cm³/mol. The lowest BCUT2D eigenvalue weighted by Crippen LogP contribution is -2.18. The molecule has 0 aliphatic carbocycles. The topological polar surface area (TPSA) is 12.0 Å². The Balaban J connectivity index is 2.14. The van der Waals surface area contributed by atoms with E-state index in [4.69, 9.17) is 0 Å². The van der Waals surface area contributed by atoms with Crippen molar-refractivity contribution in [3.05, 3.63) is 68.8 Å². The van der Waals surface area contributed by atoms with Crippen LogP contribution in [-0.2, 0) is 12.8 Å². The van der Waals surface area contributed by atoms with Crippen LogP contribution in [0.2, 0.25) is 0 Å². The molecule has 0 saturated heterocycles. The van der Waals surface area contributed by atoms with E-state index < -0.39 is 0 Å². The summed E-state index contributed by atoms with van der Waals surface area (Å²) in [5, 5.41) is 3.42. The number of likely N-dealkylation sites (N-methyl/N-ethyl adjacent to an activating group) is 1. The van der Waals surface area contributed by atoms with Crippen LogP contribution in [0.4, 0.5) is 0 Å². The third-order valence-electron chi connectivity index (χ3n) is 3.47. The molecule has 0 spiro atoms. The number of hydrogen-bond donors (Lipinski definition) is 1. The van der Waals surface area contributed by atoms with Crippen LogP contribution in [0.1, 0.15) is 29.7 Å². The summed E-state index contributed by atoms with van der Waals surface area (Å²) in [7, 11) is 2.03. The van der Waals surface area contributed by atoms with Crippen molar-refractivity contribution in [3.8, 4) is 0 Å². The van der Waals surface area contributed by atoms with E-state index in [1.165, 1.54) is 20.3 Å². The zero-order chi connectivity index (χ0) is 13.7. The molecule has 1 N–H and O–H groups in total. The molecule has 0 amide bonds. The lowest BCUT2D eigenvalue weighted by atomic mass is 9.98. The van der Waals surface area contributed by atoms with Gasteiger partial charge in [0.15, 0.2) is 0 Å². The molecule has 0 saturated carbocycles. The summed E-state index contributed by atoms with van der Waals surface area (Å²) in [4.78, 5) is 0. The average molecular weight is 365 g/mol. The number of benzene rings is 2. The van der Waals surface area contributed by atoms with E-state index in [0.717, 1.165) is 12.8 Å². The van der Waals surface area contributed by atoms with Crippen molar-refractivity contribution in [1.82, 2.24) is 5.32 Å². The van der Waals surface area contributed by atoms with Gasteiger partial charge in [0.05, 0.1) is 0 Å². The molecule has 2 rings (SSSR count). The molecule has 0 aliphatic rings. The SMILES string of the molecule is CCc1ccc(CC(NC)c2cccc(I)c2)cc1. The fourth-order valence-electron chi connectivity index (χ4n) is 2.26. The van der Waals surface area contributed by atoms with E-state index in [1.54, 1.807) is 0 Å². The number of aryl methyl sites for hydroxylation is 1.